The number of ether oxygens (including phenoxy) is 2. The minimum atomic E-state index is -0.184. The smallest absolute Gasteiger partial charge is 0.271 e. The molecule has 1 atom stereocenters. The molecular formula is C18H23N3O3S. The molecule has 7 heteroatoms. The van der Waals surface area contributed by atoms with Crippen molar-refractivity contribution >= 4 is 17.2 Å². The van der Waals surface area contributed by atoms with Gasteiger partial charge in [0.05, 0.1) is 0 Å². The van der Waals surface area contributed by atoms with E-state index in [1.165, 1.54) is 11.3 Å². The van der Waals surface area contributed by atoms with Crippen LogP contribution < -0.4 is 20.5 Å². The van der Waals surface area contributed by atoms with Gasteiger partial charge in [0.1, 0.15) is 23.9 Å². The SMILES string of the molecule is CC(C)CC(CN)NC(=O)c1csc(-c2ccc3c(c2)OCCO3)n1. The van der Waals surface area contributed by atoms with Crippen LogP contribution in [0.1, 0.15) is 30.8 Å². The van der Waals surface area contributed by atoms with Crippen molar-refractivity contribution in [3.05, 3.63) is 29.3 Å². The molecule has 1 aliphatic heterocycles. The highest BCUT2D eigenvalue weighted by atomic mass is 32.1. The van der Waals surface area contributed by atoms with Gasteiger partial charge in [0.25, 0.3) is 5.91 Å². The van der Waals surface area contributed by atoms with Crippen LogP contribution in [0.25, 0.3) is 10.6 Å². The third-order valence-corrected chi connectivity index (χ3v) is 4.79. The summed E-state index contributed by atoms with van der Waals surface area (Å²) in [6, 6.07) is 5.66. The van der Waals surface area contributed by atoms with Gasteiger partial charge in [-0.1, -0.05) is 13.8 Å². The average Bonchev–Trinajstić information content (AvgIpc) is 3.10. The maximum Gasteiger partial charge on any atom is 0.271 e. The Morgan fingerprint density at radius 1 is 1.32 bits per heavy atom. The molecule has 0 bridgehead atoms. The number of fused-ring (bicyclic) bond motifs is 1. The number of rotatable bonds is 6. The number of carbonyl (C=O) groups excluding carboxylic acids is 1. The summed E-state index contributed by atoms with van der Waals surface area (Å²) in [7, 11) is 0. The van der Waals surface area contributed by atoms with Gasteiger partial charge in [0.2, 0.25) is 0 Å². The van der Waals surface area contributed by atoms with Crippen molar-refractivity contribution in [2.24, 2.45) is 11.7 Å². The summed E-state index contributed by atoms with van der Waals surface area (Å²) in [5, 5.41) is 5.51. The molecule has 0 spiro atoms. The lowest BCUT2D eigenvalue weighted by Crippen LogP contribution is -2.41. The van der Waals surface area contributed by atoms with Crippen LogP contribution in [0.4, 0.5) is 0 Å². The highest BCUT2D eigenvalue weighted by molar-refractivity contribution is 7.13. The number of carbonyl (C=O) groups is 1. The maximum atomic E-state index is 12.4. The third kappa shape index (κ3) is 4.29. The number of hydrogen-bond donors (Lipinski definition) is 2. The van der Waals surface area contributed by atoms with Crippen molar-refractivity contribution in [1.82, 2.24) is 10.3 Å². The second-order valence-corrected chi connectivity index (χ2v) is 7.29. The molecule has 2 heterocycles. The molecule has 0 fully saturated rings. The van der Waals surface area contributed by atoms with Gasteiger partial charge >= 0.3 is 0 Å². The zero-order valence-electron chi connectivity index (χ0n) is 14.5. The monoisotopic (exact) mass is 361 g/mol. The normalized spacial score (nSPS) is 14.4. The summed E-state index contributed by atoms with van der Waals surface area (Å²) in [4.78, 5) is 16.9. The molecule has 2 aromatic rings. The fraction of sp³-hybridized carbons (Fsp3) is 0.444. The molecule has 0 saturated carbocycles. The van der Waals surface area contributed by atoms with Crippen molar-refractivity contribution in [3.63, 3.8) is 0 Å². The van der Waals surface area contributed by atoms with Crippen LogP contribution in [0, 0.1) is 5.92 Å². The van der Waals surface area contributed by atoms with Crippen molar-refractivity contribution in [2.75, 3.05) is 19.8 Å². The van der Waals surface area contributed by atoms with E-state index < -0.39 is 0 Å². The molecular weight excluding hydrogens is 338 g/mol. The van der Waals surface area contributed by atoms with E-state index in [-0.39, 0.29) is 11.9 Å². The first-order chi connectivity index (χ1) is 12.1. The Labute approximate surface area is 151 Å². The number of thiazole rings is 1. The molecule has 1 unspecified atom stereocenters. The van der Waals surface area contributed by atoms with Crippen LogP contribution in [0.2, 0.25) is 0 Å². The number of aromatic nitrogens is 1. The lowest BCUT2D eigenvalue weighted by Gasteiger charge is -2.18. The second kappa shape index (κ2) is 7.84. The predicted octanol–water partition coefficient (Wildman–Crippen LogP) is 2.68. The first-order valence-corrected chi connectivity index (χ1v) is 9.31. The van der Waals surface area contributed by atoms with Gasteiger partial charge in [-0.25, -0.2) is 4.98 Å². The molecule has 0 saturated heterocycles. The summed E-state index contributed by atoms with van der Waals surface area (Å²) >= 11 is 1.43. The molecule has 25 heavy (non-hydrogen) atoms. The number of nitrogens with one attached hydrogen (secondary N) is 1. The standard InChI is InChI=1S/C18H23N3O3S/c1-11(2)7-13(9-19)20-17(22)14-10-25-18(21-14)12-3-4-15-16(8-12)24-6-5-23-15/h3-4,8,10-11,13H,5-7,9,19H2,1-2H3,(H,20,22). The van der Waals surface area contributed by atoms with Crippen molar-refractivity contribution < 1.29 is 14.3 Å². The second-order valence-electron chi connectivity index (χ2n) is 6.43. The highest BCUT2D eigenvalue weighted by Crippen LogP contribution is 2.35. The van der Waals surface area contributed by atoms with Crippen LogP contribution in [0.3, 0.4) is 0 Å². The van der Waals surface area contributed by atoms with Crippen molar-refractivity contribution in [3.8, 4) is 22.1 Å². The molecule has 0 radical (unpaired) electrons. The largest absolute Gasteiger partial charge is 0.486 e. The Hall–Kier alpha value is -2.12. The van der Waals surface area contributed by atoms with Crippen LogP contribution >= 0.6 is 11.3 Å². The Kier molecular flexibility index (Phi) is 5.55. The molecule has 1 amide bonds. The summed E-state index contributed by atoms with van der Waals surface area (Å²) in [5.74, 6) is 1.74. The molecule has 6 nitrogen and oxygen atoms in total. The number of amides is 1. The van der Waals surface area contributed by atoms with Crippen molar-refractivity contribution in [1.29, 1.82) is 0 Å². The number of hydrogen-bond acceptors (Lipinski definition) is 6. The van der Waals surface area contributed by atoms with E-state index in [2.05, 4.69) is 24.1 Å². The van der Waals surface area contributed by atoms with Gasteiger partial charge < -0.3 is 20.5 Å². The minimum Gasteiger partial charge on any atom is -0.486 e. The van der Waals surface area contributed by atoms with Gasteiger partial charge in [-0.15, -0.1) is 11.3 Å². The first kappa shape index (κ1) is 17.7. The maximum absolute atomic E-state index is 12.4. The van der Waals surface area contributed by atoms with E-state index >= 15 is 0 Å². The van der Waals surface area contributed by atoms with Gasteiger partial charge in [0, 0.05) is 23.5 Å². The number of benzene rings is 1. The van der Waals surface area contributed by atoms with Crippen LogP contribution in [-0.2, 0) is 0 Å². The summed E-state index contributed by atoms with van der Waals surface area (Å²) < 4.78 is 11.1. The Morgan fingerprint density at radius 2 is 2.08 bits per heavy atom. The predicted molar refractivity (Wildman–Crippen MR) is 98.3 cm³/mol. The minimum absolute atomic E-state index is 0.0352. The molecule has 1 aliphatic rings. The van der Waals surface area contributed by atoms with E-state index in [1.807, 2.05) is 18.2 Å². The first-order valence-electron chi connectivity index (χ1n) is 8.43. The van der Waals surface area contributed by atoms with Gasteiger partial charge in [0.15, 0.2) is 11.5 Å². The zero-order valence-corrected chi connectivity index (χ0v) is 15.3. The molecule has 1 aromatic carbocycles. The lowest BCUT2D eigenvalue weighted by molar-refractivity contribution is 0.0929. The number of nitrogens with two attached hydrogens (primary N) is 1. The van der Waals surface area contributed by atoms with E-state index in [4.69, 9.17) is 15.2 Å². The van der Waals surface area contributed by atoms with Crippen LogP contribution in [0.5, 0.6) is 11.5 Å². The van der Waals surface area contributed by atoms with E-state index in [9.17, 15) is 4.79 Å². The van der Waals surface area contributed by atoms with E-state index in [1.54, 1.807) is 5.38 Å². The molecule has 3 N–H and O–H groups in total. The van der Waals surface area contributed by atoms with Gasteiger partial charge in [-0.2, -0.15) is 0 Å². The van der Waals surface area contributed by atoms with E-state index in [0.29, 0.717) is 37.1 Å². The quantitative estimate of drug-likeness (QED) is 0.826. The topological polar surface area (TPSA) is 86.5 Å². The molecule has 3 rings (SSSR count). The Bertz CT molecular complexity index is 745. The molecule has 0 aliphatic carbocycles. The fourth-order valence-corrected chi connectivity index (χ4v) is 3.53. The Morgan fingerprint density at radius 3 is 2.80 bits per heavy atom. The zero-order chi connectivity index (χ0) is 17.8. The summed E-state index contributed by atoms with van der Waals surface area (Å²) in [5.41, 5.74) is 7.07. The van der Waals surface area contributed by atoms with Crippen LogP contribution in [-0.4, -0.2) is 36.7 Å². The summed E-state index contributed by atoms with van der Waals surface area (Å²) in [6.07, 6.45) is 0.849. The third-order valence-electron chi connectivity index (χ3n) is 3.90. The average molecular weight is 361 g/mol. The number of nitrogens with zero attached hydrogens (tertiary/aromatic N) is 1. The molecule has 134 valence electrons. The van der Waals surface area contributed by atoms with Gasteiger partial charge in [-0.05, 0) is 30.5 Å². The highest BCUT2D eigenvalue weighted by Gasteiger charge is 2.18. The van der Waals surface area contributed by atoms with E-state index in [0.717, 1.165) is 22.7 Å². The Balaban J connectivity index is 1.72. The molecule has 1 aromatic heterocycles. The van der Waals surface area contributed by atoms with Gasteiger partial charge in [-0.3, -0.25) is 4.79 Å². The fourth-order valence-electron chi connectivity index (χ4n) is 2.73. The van der Waals surface area contributed by atoms with Crippen molar-refractivity contribution in [2.45, 2.75) is 26.3 Å². The van der Waals surface area contributed by atoms with Crippen LogP contribution in [0.15, 0.2) is 23.6 Å². The summed E-state index contributed by atoms with van der Waals surface area (Å²) in [6.45, 7) is 5.74. The lowest BCUT2D eigenvalue weighted by atomic mass is 10.0.